The van der Waals surface area contributed by atoms with Crippen molar-refractivity contribution in [2.24, 2.45) is 0 Å². The number of ketones is 1. The van der Waals surface area contributed by atoms with Crippen LogP contribution in [0.3, 0.4) is 0 Å². The second-order valence-electron chi connectivity index (χ2n) is 5.96. The highest BCUT2D eigenvalue weighted by Crippen LogP contribution is 2.43. The average molecular weight is 371 g/mol. The molecule has 1 aliphatic rings. The highest BCUT2D eigenvalue weighted by molar-refractivity contribution is 7.09. The number of alkyl halides is 3. The van der Waals surface area contributed by atoms with Crippen molar-refractivity contribution in [1.82, 2.24) is 4.98 Å². The van der Waals surface area contributed by atoms with Crippen LogP contribution in [0.4, 0.5) is 13.2 Å². The van der Waals surface area contributed by atoms with Crippen LogP contribution in [0.2, 0.25) is 0 Å². The fraction of sp³-hybridized carbons (Fsp3) is 0.100. The van der Waals surface area contributed by atoms with E-state index in [-0.39, 0.29) is 5.78 Å². The SMILES string of the molecule is Cc1scnc1C1=C(c2ccc(C(F)(F)F)cc2)C(=O)c2ccccc21. The van der Waals surface area contributed by atoms with Crippen molar-refractivity contribution in [2.45, 2.75) is 13.1 Å². The summed E-state index contributed by atoms with van der Waals surface area (Å²) in [5.41, 5.74) is 4.51. The first kappa shape index (κ1) is 16.7. The Labute approximate surface area is 151 Å². The average Bonchev–Trinajstić information content (AvgIpc) is 3.15. The number of halogens is 3. The predicted molar refractivity (Wildman–Crippen MR) is 95.0 cm³/mol. The molecule has 0 saturated carbocycles. The van der Waals surface area contributed by atoms with Crippen molar-refractivity contribution >= 4 is 28.3 Å². The van der Waals surface area contributed by atoms with Crippen LogP contribution in [-0.2, 0) is 6.18 Å². The second-order valence-corrected chi connectivity index (χ2v) is 7.02. The first-order valence-electron chi connectivity index (χ1n) is 7.84. The lowest BCUT2D eigenvalue weighted by Gasteiger charge is -2.10. The summed E-state index contributed by atoms with van der Waals surface area (Å²) in [6.07, 6.45) is -4.41. The quantitative estimate of drug-likeness (QED) is 0.585. The van der Waals surface area contributed by atoms with E-state index in [0.717, 1.165) is 22.6 Å². The van der Waals surface area contributed by atoms with Gasteiger partial charge in [0, 0.05) is 21.6 Å². The van der Waals surface area contributed by atoms with Crippen LogP contribution in [0.25, 0.3) is 11.1 Å². The minimum atomic E-state index is -4.41. The van der Waals surface area contributed by atoms with E-state index in [1.54, 1.807) is 17.6 Å². The number of carbonyl (C=O) groups excluding carboxylic acids is 1. The van der Waals surface area contributed by atoms with Crippen LogP contribution >= 0.6 is 11.3 Å². The molecule has 0 unspecified atom stereocenters. The number of Topliss-reactive ketones (excluding diaryl/α,β-unsaturated/α-hetero) is 1. The van der Waals surface area contributed by atoms with E-state index in [9.17, 15) is 18.0 Å². The summed E-state index contributed by atoms with van der Waals surface area (Å²) < 4.78 is 38.6. The van der Waals surface area contributed by atoms with Gasteiger partial charge in [0.1, 0.15) is 0 Å². The molecule has 6 heteroatoms. The first-order chi connectivity index (χ1) is 12.4. The number of aryl methyl sites for hydroxylation is 1. The summed E-state index contributed by atoms with van der Waals surface area (Å²) in [5.74, 6) is -0.192. The third kappa shape index (κ3) is 2.57. The Kier molecular flexibility index (Phi) is 3.80. The van der Waals surface area contributed by atoms with Crippen LogP contribution in [-0.4, -0.2) is 10.8 Å². The molecule has 0 amide bonds. The van der Waals surface area contributed by atoms with Gasteiger partial charge in [-0.1, -0.05) is 36.4 Å². The molecule has 0 spiro atoms. The van der Waals surface area contributed by atoms with Gasteiger partial charge in [0.25, 0.3) is 0 Å². The summed E-state index contributed by atoms with van der Waals surface area (Å²) >= 11 is 1.46. The topological polar surface area (TPSA) is 30.0 Å². The predicted octanol–water partition coefficient (Wildman–Crippen LogP) is 5.63. The molecule has 2 aromatic carbocycles. The number of carbonyl (C=O) groups is 1. The van der Waals surface area contributed by atoms with Gasteiger partial charge in [-0.25, -0.2) is 4.98 Å². The summed E-state index contributed by atoms with van der Waals surface area (Å²) in [6.45, 7) is 1.91. The molecule has 1 aromatic heterocycles. The van der Waals surface area contributed by atoms with Gasteiger partial charge in [-0.3, -0.25) is 4.79 Å². The highest BCUT2D eigenvalue weighted by Gasteiger charge is 2.34. The van der Waals surface area contributed by atoms with E-state index in [1.165, 1.54) is 23.5 Å². The summed E-state index contributed by atoms with van der Waals surface area (Å²) in [7, 11) is 0. The third-order valence-electron chi connectivity index (χ3n) is 4.40. The molecular weight excluding hydrogens is 359 g/mol. The molecule has 1 aliphatic carbocycles. The van der Waals surface area contributed by atoms with Crippen molar-refractivity contribution in [3.05, 3.63) is 86.9 Å². The second kappa shape index (κ2) is 5.92. The van der Waals surface area contributed by atoms with Gasteiger partial charge < -0.3 is 0 Å². The summed E-state index contributed by atoms with van der Waals surface area (Å²) in [6, 6.07) is 11.9. The minimum Gasteiger partial charge on any atom is -0.289 e. The number of rotatable bonds is 2. The van der Waals surface area contributed by atoms with E-state index in [1.807, 2.05) is 19.1 Å². The fourth-order valence-corrected chi connectivity index (χ4v) is 3.76. The van der Waals surface area contributed by atoms with Gasteiger partial charge in [0.05, 0.1) is 16.8 Å². The van der Waals surface area contributed by atoms with E-state index < -0.39 is 11.7 Å². The number of aromatic nitrogens is 1. The lowest BCUT2D eigenvalue weighted by atomic mass is 9.96. The van der Waals surface area contributed by atoms with Gasteiger partial charge >= 0.3 is 6.18 Å². The maximum Gasteiger partial charge on any atom is 0.416 e. The number of nitrogens with zero attached hydrogens (tertiary/aromatic N) is 1. The molecule has 3 aromatic rings. The Hall–Kier alpha value is -2.73. The Bertz CT molecular complexity index is 1050. The maximum atomic E-state index is 13.0. The van der Waals surface area contributed by atoms with Crippen LogP contribution in [0.5, 0.6) is 0 Å². The normalized spacial score (nSPS) is 14.1. The number of thiazole rings is 1. The van der Waals surface area contributed by atoms with Crippen molar-refractivity contribution in [3.8, 4) is 0 Å². The van der Waals surface area contributed by atoms with Gasteiger partial charge in [0.2, 0.25) is 0 Å². The fourth-order valence-electron chi connectivity index (χ4n) is 3.17. The zero-order valence-electron chi connectivity index (χ0n) is 13.6. The standard InChI is InChI=1S/C20H12F3NOS/c1-11-18(24-10-26-11)17-14-4-2-3-5-15(14)19(25)16(17)12-6-8-13(9-7-12)20(21,22)23/h2-10H,1H3. The summed E-state index contributed by atoms with van der Waals surface area (Å²) in [5, 5.41) is 0. The van der Waals surface area contributed by atoms with E-state index in [4.69, 9.17) is 0 Å². The van der Waals surface area contributed by atoms with Crippen LogP contribution in [0, 0.1) is 6.92 Å². The van der Waals surface area contributed by atoms with E-state index in [2.05, 4.69) is 4.98 Å². The molecule has 0 saturated heterocycles. The number of hydrogen-bond acceptors (Lipinski definition) is 3. The molecule has 0 bridgehead atoms. The number of hydrogen-bond donors (Lipinski definition) is 0. The smallest absolute Gasteiger partial charge is 0.289 e. The zero-order chi connectivity index (χ0) is 18.5. The highest BCUT2D eigenvalue weighted by atomic mass is 32.1. The van der Waals surface area contributed by atoms with Gasteiger partial charge in [0.15, 0.2) is 5.78 Å². The lowest BCUT2D eigenvalue weighted by Crippen LogP contribution is -2.05. The van der Waals surface area contributed by atoms with Gasteiger partial charge in [-0.2, -0.15) is 13.2 Å². The zero-order valence-corrected chi connectivity index (χ0v) is 14.4. The minimum absolute atomic E-state index is 0.192. The number of allylic oxidation sites excluding steroid dienone is 1. The molecular formula is C20H12F3NOS. The van der Waals surface area contributed by atoms with Crippen LogP contribution < -0.4 is 0 Å². The van der Waals surface area contributed by atoms with E-state index in [0.29, 0.717) is 28.0 Å². The molecule has 0 aliphatic heterocycles. The molecule has 0 radical (unpaired) electrons. The Morgan fingerprint density at radius 3 is 2.15 bits per heavy atom. The molecule has 130 valence electrons. The summed E-state index contributed by atoms with van der Waals surface area (Å²) in [4.78, 5) is 18.3. The van der Waals surface area contributed by atoms with Gasteiger partial charge in [-0.05, 0) is 30.2 Å². The van der Waals surface area contributed by atoms with Crippen molar-refractivity contribution in [3.63, 3.8) is 0 Å². The van der Waals surface area contributed by atoms with E-state index >= 15 is 0 Å². The molecule has 2 nitrogen and oxygen atoms in total. The molecule has 26 heavy (non-hydrogen) atoms. The third-order valence-corrected chi connectivity index (χ3v) is 5.16. The Morgan fingerprint density at radius 2 is 1.58 bits per heavy atom. The van der Waals surface area contributed by atoms with Crippen molar-refractivity contribution in [1.29, 1.82) is 0 Å². The monoisotopic (exact) mass is 371 g/mol. The molecule has 0 N–H and O–H groups in total. The molecule has 4 rings (SSSR count). The van der Waals surface area contributed by atoms with Crippen molar-refractivity contribution < 1.29 is 18.0 Å². The lowest BCUT2D eigenvalue weighted by molar-refractivity contribution is -0.137. The molecule has 0 atom stereocenters. The maximum absolute atomic E-state index is 13.0. The number of fused-ring (bicyclic) bond motifs is 1. The van der Waals surface area contributed by atoms with Crippen LogP contribution in [0.15, 0.2) is 54.0 Å². The van der Waals surface area contributed by atoms with Crippen LogP contribution in [0.1, 0.15) is 37.6 Å². The first-order valence-corrected chi connectivity index (χ1v) is 8.72. The number of benzene rings is 2. The molecule has 1 heterocycles. The van der Waals surface area contributed by atoms with Gasteiger partial charge in [-0.15, -0.1) is 11.3 Å². The largest absolute Gasteiger partial charge is 0.416 e. The Morgan fingerprint density at radius 1 is 0.923 bits per heavy atom. The van der Waals surface area contributed by atoms with Crippen molar-refractivity contribution in [2.75, 3.05) is 0 Å². The Balaban J connectivity index is 1.95. The molecule has 0 fully saturated rings.